The van der Waals surface area contributed by atoms with Gasteiger partial charge in [-0.2, -0.15) is 0 Å². The van der Waals surface area contributed by atoms with E-state index in [1.807, 2.05) is 72.8 Å². The number of nitrogens with zero attached hydrogens (tertiary/aromatic N) is 2. The number of thioether (sulfide) groups is 1. The van der Waals surface area contributed by atoms with Crippen molar-refractivity contribution in [2.45, 2.75) is 6.54 Å². The van der Waals surface area contributed by atoms with Crippen LogP contribution in [0.5, 0.6) is 5.75 Å². The van der Waals surface area contributed by atoms with Gasteiger partial charge in [-0.15, -0.1) is 11.3 Å². The van der Waals surface area contributed by atoms with E-state index in [1.165, 1.54) is 11.8 Å². The predicted molar refractivity (Wildman–Crippen MR) is 125 cm³/mol. The summed E-state index contributed by atoms with van der Waals surface area (Å²) in [6, 6.07) is 21.4. The summed E-state index contributed by atoms with van der Waals surface area (Å²) in [7, 11) is 1.64. The summed E-state index contributed by atoms with van der Waals surface area (Å²) in [5, 5.41) is 0.680. The van der Waals surface area contributed by atoms with Crippen LogP contribution in [0.2, 0.25) is 0 Å². The Hall–Kier alpha value is -2.35. The van der Waals surface area contributed by atoms with E-state index < -0.39 is 0 Å². The summed E-state index contributed by atoms with van der Waals surface area (Å²) in [5.74, 6) is 0.753. The quantitative estimate of drug-likeness (QED) is 0.397. The van der Waals surface area contributed by atoms with Gasteiger partial charge < -0.3 is 4.74 Å². The second-order valence-corrected chi connectivity index (χ2v) is 9.73. The lowest BCUT2D eigenvalue weighted by Crippen LogP contribution is -2.28. The Bertz CT molecular complexity index is 1080. The van der Waals surface area contributed by atoms with Gasteiger partial charge in [-0.05, 0) is 75.7 Å². The minimum absolute atomic E-state index is 0.0370. The second-order valence-electron chi connectivity index (χ2n) is 6.22. The molecular weight excluding hydrogens is 468 g/mol. The maximum Gasteiger partial charge on any atom is 0.267 e. The fourth-order valence-electron chi connectivity index (χ4n) is 2.79. The standard InChI is InChI=1S/C22H17BrN2O2S2/c1-27-17-9-7-15(8-10-17)14-25-21(26)19(13-18-11-12-20(23)28-18)29-22(25)24-16-5-3-2-4-6-16/h2-13H,14H2,1H3. The van der Waals surface area contributed by atoms with Gasteiger partial charge in [0.05, 0.1) is 28.0 Å². The minimum atomic E-state index is -0.0370. The van der Waals surface area contributed by atoms with Crippen molar-refractivity contribution in [1.82, 2.24) is 4.90 Å². The van der Waals surface area contributed by atoms with E-state index in [0.717, 1.165) is 25.7 Å². The average molecular weight is 485 g/mol. The predicted octanol–water partition coefficient (Wildman–Crippen LogP) is 6.32. The topological polar surface area (TPSA) is 41.9 Å². The number of amidine groups is 1. The van der Waals surface area contributed by atoms with Crippen LogP contribution in [0.4, 0.5) is 5.69 Å². The van der Waals surface area contributed by atoms with Crippen molar-refractivity contribution in [2.24, 2.45) is 4.99 Å². The van der Waals surface area contributed by atoms with Gasteiger partial charge in [-0.3, -0.25) is 9.69 Å². The summed E-state index contributed by atoms with van der Waals surface area (Å²) in [6.07, 6.45) is 1.93. The SMILES string of the molecule is COc1ccc(CN2C(=O)C(=Cc3ccc(Br)s3)SC2=Nc2ccccc2)cc1. The molecule has 0 saturated carbocycles. The molecule has 4 nitrogen and oxygen atoms in total. The highest BCUT2D eigenvalue weighted by Gasteiger charge is 2.33. The van der Waals surface area contributed by atoms with Gasteiger partial charge in [0.25, 0.3) is 5.91 Å². The lowest BCUT2D eigenvalue weighted by molar-refractivity contribution is -0.122. The number of benzene rings is 2. The number of thiophene rings is 1. The normalized spacial score (nSPS) is 16.8. The molecule has 1 aromatic heterocycles. The molecule has 0 unspecified atom stereocenters. The third-order valence-corrected chi connectivity index (χ3v) is 6.81. The van der Waals surface area contributed by atoms with Gasteiger partial charge in [0.15, 0.2) is 5.17 Å². The fourth-order valence-corrected chi connectivity index (χ4v) is 5.22. The smallest absolute Gasteiger partial charge is 0.267 e. The van der Waals surface area contributed by atoms with Crippen molar-refractivity contribution in [2.75, 3.05) is 7.11 Å². The molecule has 2 heterocycles. The molecule has 2 aromatic carbocycles. The minimum Gasteiger partial charge on any atom is -0.497 e. The first kappa shape index (κ1) is 19.9. The van der Waals surface area contributed by atoms with Crippen LogP contribution in [0.25, 0.3) is 6.08 Å². The van der Waals surface area contributed by atoms with E-state index in [0.29, 0.717) is 16.6 Å². The number of para-hydroxylation sites is 1. The van der Waals surface area contributed by atoms with Crippen molar-refractivity contribution in [3.63, 3.8) is 0 Å². The number of ether oxygens (including phenoxy) is 1. The van der Waals surface area contributed by atoms with Crippen LogP contribution in [0.3, 0.4) is 0 Å². The summed E-state index contributed by atoms with van der Waals surface area (Å²) < 4.78 is 6.26. The molecule has 1 aliphatic heterocycles. The van der Waals surface area contributed by atoms with Crippen LogP contribution in [-0.2, 0) is 11.3 Å². The van der Waals surface area contributed by atoms with E-state index >= 15 is 0 Å². The zero-order chi connectivity index (χ0) is 20.2. The van der Waals surface area contributed by atoms with Crippen molar-refractivity contribution in [3.8, 4) is 5.75 Å². The Morgan fingerprint density at radius 2 is 1.83 bits per heavy atom. The fraction of sp³-hybridized carbons (Fsp3) is 0.0909. The molecule has 29 heavy (non-hydrogen) atoms. The number of carbonyl (C=O) groups is 1. The number of hydrogen-bond donors (Lipinski definition) is 0. The van der Waals surface area contributed by atoms with Gasteiger partial charge >= 0.3 is 0 Å². The average Bonchev–Trinajstić information content (AvgIpc) is 3.27. The molecule has 0 radical (unpaired) electrons. The summed E-state index contributed by atoms with van der Waals surface area (Å²) >= 11 is 6.47. The van der Waals surface area contributed by atoms with Crippen LogP contribution in [0.15, 0.2) is 80.4 Å². The van der Waals surface area contributed by atoms with Crippen LogP contribution >= 0.6 is 39.0 Å². The summed E-state index contributed by atoms with van der Waals surface area (Å²) in [5.41, 5.74) is 1.84. The highest BCUT2D eigenvalue weighted by molar-refractivity contribution is 9.11. The molecule has 3 aromatic rings. The molecule has 1 saturated heterocycles. The highest BCUT2D eigenvalue weighted by Crippen LogP contribution is 2.36. The molecule has 7 heteroatoms. The first-order chi connectivity index (χ1) is 14.1. The Morgan fingerprint density at radius 3 is 2.48 bits per heavy atom. The van der Waals surface area contributed by atoms with Crippen LogP contribution in [0, 0.1) is 0 Å². The van der Waals surface area contributed by atoms with Gasteiger partial charge in [0.1, 0.15) is 5.75 Å². The lowest BCUT2D eigenvalue weighted by Gasteiger charge is -2.16. The maximum atomic E-state index is 13.2. The van der Waals surface area contributed by atoms with E-state index in [9.17, 15) is 4.79 Å². The van der Waals surface area contributed by atoms with Crippen LogP contribution < -0.4 is 4.74 Å². The molecule has 0 aliphatic carbocycles. The molecular formula is C22H17BrN2O2S2. The Kier molecular flexibility index (Phi) is 6.18. The Balaban J connectivity index is 1.66. The summed E-state index contributed by atoms with van der Waals surface area (Å²) in [6.45, 7) is 0.451. The molecule has 4 rings (SSSR count). The number of methoxy groups -OCH3 is 1. The molecule has 0 bridgehead atoms. The van der Waals surface area contributed by atoms with E-state index in [2.05, 4.69) is 15.9 Å². The Morgan fingerprint density at radius 1 is 1.07 bits per heavy atom. The van der Waals surface area contributed by atoms with E-state index in [4.69, 9.17) is 9.73 Å². The molecule has 0 N–H and O–H groups in total. The molecule has 1 fully saturated rings. The number of aliphatic imine (C=N–C) groups is 1. The first-order valence-electron chi connectivity index (χ1n) is 8.86. The molecule has 146 valence electrons. The second kappa shape index (κ2) is 8.98. The number of carbonyl (C=O) groups excluding carboxylic acids is 1. The van der Waals surface area contributed by atoms with Gasteiger partial charge in [-0.25, -0.2) is 4.99 Å². The molecule has 1 amide bonds. The third kappa shape index (κ3) is 4.80. The monoisotopic (exact) mass is 484 g/mol. The van der Waals surface area contributed by atoms with Crippen molar-refractivity contribution >= 4 is 61.9 Å². The number of rotatable bonds is 5. The lowest BCUT2D eigenvalue weighted by atomic mass is 10.2. The molecule has 1 aliphatic rings. The van der Waals surface area contributed by atoms with Crippen molar-refractivity contribution in [3.05, 3.63) is 85.9 Å². The van der Waals surface area contributed by atoms with Gasteiger partial charge in [-0.1, -0.05) is 30.3 Å². The Labute approximate surface area is 186 Å². The van der Waals surface area contributed by atoms with Crippen molar-refractivity contribution in [1.29, 1.82) is 0 Å². The zero-order valence-electron chi connectivity index (χ0n) is 15.5. The van der Waals surface area contributed by atoms with Gasteiger partial charge in [0, 0.05) is 4.88 Å². The third-order valence-electron chi connectivity index (χ3n) is 4.24. The molecule has 0 spiro atoms. The van der Waals surface area contributed by atoms with Crippen LogP contribution in [-0.4, -0.2) is 23.1 Å². The zero-order valence-corrected chi connectivity index (χ0v) is 18.8. The first-order valence-corrected chi connectivity index (χ1v) is 11.3. The maximum absolute atomic E-state index is 13.2. The number of hydrogen-bond acceptors (Lipinski definition) is 5. The number of amides is 1. The molecule has 0 atom stereocenters. The van der Waals surface area contributed by atoms with Crippen molar-refractivity contribution < 1.29 is 9.53 Å². The van der Waals surface area contributed by atoms with E-state index in [-0.39, 0.29) is 5.91 Å². The van der Waals surface area contributed by atoms with Gasteiger partial charge in [0.2, 0.25) is 0 Å². The van der Waals surface area contributed by atoms with Crippen LogP contribution in [0.1, 0.15) is 10.4 Å². The number of halogens is 1. The van der Waals surface area contributed by atoms with E-state index in [1.54, 1.807) is 23.3 Å². The highest BCUT2D eigenvalue weighted by atomic mass is 79.9. The summed E-state index contributed by atoms with van der Waals surface area (Å²) in [4.78, 5) is 21.3. The largest absolute Gasteiger partial charge is 0.497 e.